The molecule has 3 heterocycles. The van der Waals surface area contributed by atoms with Crippen molar-refractivity contribution in [2.75, 3.05) is 64.9 Å². The van der Waals surface area contributed by atoms with Gasteiger partial charge >= 0.3 is 5.97 Å². The van der Waals surface area contributed by atoms with Gasteiger partial charge in [0.05, 0.1) is 38.4 Å². The van der Waals surface area contributed by atoms with Gasteiger partial charge in [0.1, 0.15) is 5.75 Å². The molecule has 2 saturated heterocycles. The number of aliphatic carboxylic acids is 1. The molecule has 0 aliphatic carbocycles. The van der Waals surface area contributed by atoms with Crippen molar-refractivity contribution in [2.45, 2.75) is 44.8 Å². The number of likely N-dealkylation sites (tertiary alicyclic amines) is 1. The van der Waals surface area contributed by atoms with Gasteiger partial charge in [-0.25, -0.2) is 13.2 Å². The fourth-order valence-electron chi connectivity index (χ4n) is 6.57. The SMILES string of the molecule is COc1ccc2ncc(CN3CCOCC3)c(C(O)CCC3(CC(=O)O)CCN(CCNc4cc(F)c(F)c(F)c4)CC3)c2c1. The highest BCUT2D eigenvalue weighted by Gasteiger charge is 2.37. The molecule has 2 aliphatic heterocycles. The van der Waals surface area contributed by atoms with Crippen LogP contribution in [0, 0.1) is 22.9 Å². The van der Waals surface area contributed by atoms with Crippen LogP contribution in [0.2, 0.25) is 0 Å². The van der Waals surface area contributed by atoms with Crippen LogP contribution in [0.1, 0.15) is 49.3 Å². The largest absolute Gasteiger partial charge is 0.497 e. The van der Waals surface area contributed by atoms with E-state index in [1.165, 1.54) is 0 Å². The molecule has 9 nitrogen and oxygen atoms in total. The molecule has 5 rings (SSSR count). The average Bonchev–Trinajstić information content (AvgIpc) is 3.03. The number of aliphatic hydroxyl groups excluding tert-OH is 1. The van der Waals surface area contributed by atoms with E-state index in [0.717, 1.165) is 47.3 Å². The number of hydrogen-bond donors (Lipinski definition) is 3. The van der Waals surface area contributed by atoms with Gasteiger partial charge in [-0.1, -0.05) is 0 Å². The zero-order chi connectivity index (χ0) is 32.0. The fraction of sp³-hybridized carbons (Fsp3) is 0.515. The van der Waals surface area contributed by atoms with Crippen molar-refractivity contribution < 1.29 is 37.7 Å². The number of hydrogen-bond acceptors (Lipinski definition) is 8. The summed E-state index contributed by atoms with van der Waals surface area (Å²) >= 11 is 0. The summed E-state index contributed by atoms with van der Waals surface area (Å²) in [5, 5.41) is 25.3. The number of ether oxygens (including phenoxy) is 2. The Morgan fingerprint density at radius 3 is 2.47 bits per heavy atom. The predicted molar refractivity (Wildman–Crippen MR) is 164 cm³/mol. The van der Waals surface area contributed by atoms with Crippen molar-refractivity contribution in [1.29, 1.82) is 0 Å². The molecule has 1 aromatic heterocycles. The number of carboxylic acid groups (broad SMARTS) is 1. The third kappa shape index (κ3) is 8.23. The molecule has 2 fully saturated rings. The molecule has 0 radical (unpaired) electrons. The lowest BCUT2D eigenvalue weighted by Crippen LogP contribution is -2.43. The van der Waals surface area contributed by atoms with Gasteiger partial charge in [0.25, 0.3) is 0 Å². The van der Waals surface area contributed by atoms with Crippen LogP contribution in [0.25, 0.3) is 10.9 Å². The van der Waals surface area contributed by atoms with Crippen LogP contribution >= 0.6 is 0 Å². The number of carboxylic acids is 1. The van der Waals surface area contributed by atoms with E-state index in [0.29, 0.717) is 77.4 Å². The minimum atomic E-state index is -1.50. The predicted octanol–water partition coefficient (Wildman–Crippen LogP) is 4.98. The number of rotatable bonds is 13. The number of nitrogens with one attached hydrogen (secondary N) is 1. The quantitative estimate of drug-likeness (QED) is 0.226. The molecule has 0 spiro atoms. The highest BCUT2D eigenvalue weighted by molar-refractivity contribution is 5.85. The van der Waals surface area contributed by atoms with E-state index in [1.54, 1.807) is 7.11 Å². The molecule has 0 saturated carbocycles. The number of halogens is 3. The van der Waals surface area contributed by atoms with E-state index in [-0.39, 0.29) is 12.1 Å². The fourth-order valence-corrected chi connectivity index (χ4v) is 6.57. The number of pyridine rings is 1. The lowest BCUT2D eigenvalue weighted by molar-refractivity contribution is -0.141. The first kappa shape index (κ1) is 32.9. The van der Waals surface area contributed by atoms with Gasteiger partial charge in [0.2, 0.25) is 0 Å². The van der Waals surface area contributed by atoms with Crippen molar-refractivity contribution in [3.8, 4) is 5.75 Å². The Morgan fingerprint density at radius 1 is 1.09 bits per heavy atom. The number of morpholine rings is 1. The molecule has 1 atom stereocenters. The number of fused-ring (bicyclic) bond motifs is 1. The van der Waals surface area contributed by atoms with Crippen LogP contribution in [0.3, 0.4) is 0 Å². The number of carbonyl (C=O) groups is 1. The van der Waals surface area contributed by atoms with Gasteiger partial charge in [0.15, 0.2) is 17.5 Å². The van der Waals surface area contributed by atoms with Gasteiger partial charge < -0.3 is 29.9 Å². The summed E-state index contributed by atoms with van der Waals surface area (Å²) in [6, 6.07) is 7.47. The van der Waals surface area contributed by atoms with Crippen molar-refractivity contribution >= 4 is 22.6 Å². The molecule has 0 amide bonds. The maximum Gasteiger partial charge on any atom is 0.303 e. The standard InChI is InChI=1S/C33H41F3N4O5/c1-44-24-2-3-28-25(18-24)31(22(20-38-28)21-40-12-14-45-15-13-40)29(41)4-5-33(19-30(42)43)6-9-39(10-7-33)11-8-37-23-16-26(34)32(36)27(35)17-23/h2-3,16-18,20,29,37,41H,4-15,19,21H2,1H3,(H,42,43). The maximum absolute atomic E-state index is 13.5. The number of anilines is 1. The van der Waals surface area contributed by atoms with Crippen LogP contribution in [0.4, 0.5) is 18.9 Å². The minimum Gasteiger partial charge on any atom is -0.497 e. The lowest BCUT2D eigenvalue weighted by atomic mass is 9.71. The summed E-state index contributed by atoms with van der Waals surface area (Å²) < 4.78 is 51.3. The zero-order valence-corrected chi connectivity index (χ0v) is 25.5. The first-order valence-corrected chi connectivity index (χ1v) is 15.4. The van der Waals surface area contributed by atoms with Crippen molar-refractivity contribution in [3.05, 3.63) is 65.1 Å². The highest BCUT2D eigenvalue weighted by atomic mass is 19.2. The first-order valence-electron chi connectivity index (χ1n) is 15.4. The Labute approximate surface area is 260 Å². The van der Waals surface area contributed by atoms with E-state index < -0.39 is 34.9 Å². The zero-order valence-electron chi connectivity index (χ0n) is 25.5. The van der Waals surface area contributed by atoms with E-state index in [1.807, 2.05) is 24.4 Å². The molecule has 0 bridgehead atoms. The Morgan fingerprint density at radius 2 is 1.80 bits per heavy atom. The van der Waals surface area contributed by atoms with Gasteiger partial charge in [-0.3, -0.25) is 14.7 Å². The van der Waals surface area contributed by atoms with E-state index in [4.69, 9.17) is 9.47 Å². The maximum atomic E-state index is 13.5. The Hall–Kier alpha value is -3.45. The van der Waals surface area contributed by atoms with Gasteiger partial charge in [-0.2, -0.15) is 0 Å². The summed E-state index contributed by atoms with van der Waals surface area (Å²) in [4.78, 5) is 21.1. The van der Waals surface area contributed by atoms with Gasteiger partial charge in [0, 0.05) is 62.1 Å². The molecule has 45 heavy (non-hydrogen) atoms. The molecular weight excluding hydrogens is 589 g/mol. The topological polar surface area (TPSA) is 107 Å². The number of methoxy groups -OCH3 is 1. The second kappa shape index (κ2) is 14.8. The first-order chi connectivity index (χ1) is 21.7. The third-order valence-electron chi connectivity index (χ3n) is 9.16. The van der Waals surface area contributed by atoms with E-state index in [2.05, 4.69) is 20.1 Å². The van der Waals surface area contributed by atoms with Crippen molar-refractivity contribution in [1.82, 2.24) is 14.8 Å². The summed E-state index contributed by atoms with van der Waals surface area (Å²) in [7, 11) is 1.60. The molecule has 1 unspecified atom stereocenters. The average molecular weight is 631 g/mol. The molecule has 3 aromatic rings. The molecule has 3 N–H and O–H groups in total. The Balaban J connectivity index is 1.26. The van der Waals surface area contributed by atoms with Crippen LogP contribution < -0.4 is 10.1 Å². The lowest BCUT2D eigenvalue weighted by Gasteiger charge is -2.42. The highest BCUT2D eigenvalue weighted by Crippen LogP contribution is 2.42. The van der Waals surface area contributed by atoms with Gasteiger partial charge in [-0.05, 0) is 73.5 Å². The van der Waals surface area contributed by atoms with Crippen LogP contribution in [-0.4, -0.2) is 90.6 Å². The molecular formula is C33H41F3N4O5. The molecule has 2 aromatic carbocycles. The van der Waals surface area contributed by atoms with E-state index >= 15 is 0 Å². The van der Waals surface area contributed by atoms with Crippen molar-refractivity contribution in [2.24, 2.45) is 5.41 Å². The Kier molecular flexibility index (Phi) is 10.8. The van der Waals surface area contributed by atoms with Crippen molar-refractivity contribution in [3.63, 3.8) is 0 Å². The summed E-state index contributed by atoms with van der Waals surface area (Å²) in [6.45, 7) is 5.76. The smallest absolute Gasteiger partial charge is 0.303 e. The Bertz CT molecular complexity index is 1460. The second-order valence-corrected chi connectivity index (χ2v) is 12.1. The molecule has 2 aliphatic rings. The number of aromatic nitrogens is 1. The number of aliphatic hydroxyl groups is 1. The van der Waals surface area contributed by atoms with Crippen LogP contribution in [-0.2, 0) is 16.1 Å². The van der Waals surface area contributed by atoms with Crippen LogP contribution in [0.5, 0.6) is 5.75 Å². The number of benzene rings is 2. The normalized spacial score (nSPS) is 18.2. The summed E-state index contributed by atoms with van der Waals surface area (Å²) in [6.07, 6.45) is 3.20. The molecule has 12 heteroatoms. The number of piperidine rings is 1. The number of nitrogens with zero attached hydrogens (tertiary/aromatic N) is 3. The summed E-state index contributed by atoms with van der Waals surface area (Å²) in [5.41, 5.74) is 2.16. The monoisotopic (exact) mass is 630 g/mol. The van der Waals surface area contributed by atoms with E-state index in [9.17, 15) is 28.2 Å². The third-order valence-corrected chi connectivity index (χ3v) is 9.16. The second-order valence-electron chi connectivity index (χ2n) is 12.1. The molecule has 244 valence electrons. The van der Waals surface area contributed by atoms with Crippen LogP contribution in [0.15, 0.2) is 36.5 Å². The minimum absolute atomic E-state index is 0.00545. The summed E-state index contributed by atoms with van der Waals surface area (Å²) in [5.74, 6) is -4.19. The van der Waals surface area contributed by atoms with Gasteiger partial charge in [-0.15, -0.1) is 0 Å².